The Kier molecular flexibility index (Phi) is 5.31. The van der Waals surface area contributed by atoms with Crippen molar-refractivity contribution in [1.29, 1.82) is 0 Å². The number of sulfonamides is 1. The lowest BCUT2D eigenvalue weighted by Gasteiger charge is -2.14. The molecule has 1 unspecified atom stereocenters. The number of benzene rings is 1. The molecule has 0 aliphatic rings. The summed E-state index contributed by atoms with van der Waals surface area (Å²) in [4.78, 5) is 11.4. The molecular weight excluding hydrogens is 270 g/mol. The first-order valence-corrected chi connectivity index (χ1v) is 7.22. The smallest absolute Gasteiger partial charge is 0.323 e. The minimum Gasteiger partial charge on any atom is -0.495 e. The molecule has 0 aliphatic carbocycles. The predicted octanol–water partition coefficient (Wildman–Crippen LogP) is 0.925. The Morgan fingerprint density at radius 1 is 1.37 bits per heavy atom. The molecule has 1 aromatic carbocycles. The summed E-state index contributed by atoms with van der Waals surface area (Å²) in [6.07, 6.45) is 0. The van der Waals surface area contributed by atoms with E-state index in [2.05, 4.69) is 4.72 Å². The van der Waals surface area contributed by atoms with Gasteiger partial charge in [-0.05, 0) is 26.0 Å². The van der Waals surface area contributed by atoms with Gasteiger partial charge in [0, 0.05) is 0 Å². The number of hydrogen-bond donors (Lipinski definition) is 1. The third kappa shape index (κ3) is 3.93. The second kappa shape index (κ2) is 6.53. The number of para-hydroxylation sites is 1. The van der Waals surface area contributed by atoms with Gasteiger partial charge in [0.2, 0.25) is 10.0 Å². The van der Waals surface area contributed by atoms with Crippen LogP contribution in [0, 0.1) is 0 Å². The summed E-state index contributed by atoms with van der Waals surface area (Å²) in [7, 11) is -2.46. The molecule has 0 spiro atoms. The number of hydrogen-bond acceptors (Lipinski definition) is 5. The minimum absolute atomic E-state index is 0.0198. The highest BCUT2D eigenvalue weighted by Crippen LogP contribution is 2.22. The monoisotopic (exact) mass is 287 g/mol. The number of rotatable bonds is 6. The highest BCUT2D eigenvalue weighted by atomic mass is 32.2. The van der Waals surface area contributed by atoms with Crippen LogP contribution in [-0.2, 0) is 19.6 Å². The summed E-state index contributed by atoms with van der Waals surface area (Å²) < 4.78 is 36.2. The lowest BCUT2D eigenvalue weighted by Crippen LogP contribution is -2.39. The topological polar surface area (TPSA) is 81.7 Å². The lowest BCUT2D eigenvalue weighted by molar-refractivity contribution is -0.144. The van der Waals surface area contributed by atoms with E-state index in [1.54, 1.807) is 19.1 Å². The molecule has 1 atom stereocenters. The second-order valence-electron chi connectivity index (χ2n) is 3.75. The van der Waals surface area contributed by atoms with Crippen molar-refractivity contribution in [3.63, 3.8) is 0 Å². The van der Waals surface area contributed by atoms with Crippen LogP contribution in [0.1, 0.15) is 13.8 Å². The van der Waals surface area contributed by atoms with Crippen molar-refractivity contribution >= 4 is 16.0 Å². The molecule has 0 fully saturated rings. The second-order valence-corrected chi connectivity index (χ2v) is 5.43. The van der Waals surface area contributed by atoms with E-state index in [9.17, 15) is 13.2 Å². The molecule has 7 heteroatoms. The first-order chi connectivity index (χ1) is 8.92. The van der Waals surface area contributed by atoms with E-state index < -0.39 is 22.0 Å². The number of esters is 1. The molecule has 1 N–H and O–H groups in total. The zero-order valence-electron chi connectivity index (χ0n) is 11.0. The van der Waals surface area contributed by atoms with Crippen molar-refractivity contribution in [3.8, 4) is 5.75 Å². The highest BCUT2D eigenvalue weighted by Gasteiger charge is 2.25. The van der Waals surface area contributed by atoms with Gasteiger partial charge in [-0.3, -0.25) is 4.79 Å². The van der Waals surface area contributed by atoms with Crippen molar-refractivity contribution in [2.75, 3.05) is 13.7 Å². The van der Waals surface area contributed by atoms with Gasteiger partial charge in [-0.15, -0.1) is 0 Å². The minimum atomic E-state index is -3.84. The van der Waals surface area contributed by atoms with Crippen molar-refractivity contribution in [3.05, 3.63) is 24.3 Å². The summed E-state index contributed by atoms with van der Waals surface area (Å²) in [5.74, 6) is -0.410. The van der Waals surface area contributed by atoms with Crippen molar-refractivity contribution < 1.29 is 22.7 Å². The van der Waals surface area contributed by atoms with E-state index in [1.807, 2.05) is 0 Å². The van der Waals surface area contributed by atoms with E-state index in [-0.39, 0.29) is 17.3 Å². The predicted molar refractivity (Wildman–Crippen MR) is 69.4 cm³/mol. The number of carbonyl (C=O) groups excluding carboxylic acids is 1. The third-order valence-electron chi connectivity index (χ3n) is 2.33. The molecular formula is C12H17NO5S. The van der Waals surface area contributed by atoms with Gasteiger partial charge in [-0.25, -0.2) is 8.42 Å². The Morgan fingerprint density at radius 2 is 2.00 bits per heavy atom. The maximum Gasteiger partial charge on any atom is 0.323 e. The van der Waals surface area contributed by atoms with Gasteiger partial charge < -0.3 is 9.47 Å². The molecule has 0 amide bonds. The van der Waals surface area contributed by atoms with E-state index in [0.29, 0.717) is 0 Å². The summed E-state index contributed by atoms with van der Waals surface area (Å²) in [5.41, 5.74) is 0. The van der Waals surface area contributed by atoms with Crippen LogP contribution in [0.4, 0.5) is 0 Å². The fourth-order valence-electron chi connectivity index (χ4n) is 1.45. The van der Waals surface area contributed by atoms with Crippen LogP contribution in [-0.4, -0.2) is 34.1 Å². The largest absolute Gasteiger partial charge is 0.495 e. The Hall–Kier alpha value is -1.60. The summed E-state index contributed by atoms with van der Waals surface area (Å²) in [6.45, 7) is 3.27. The Labute approximate surface area is 112 Å². The number of methoxy groups -OCH3 is 1. The van der Waals surface area contributed by atoms with Gasteiger partial charge in [-0.1, -0.05) is 12.1 Å². The van der Waals surface area contributed by atoms with E-state index in [4.69, 9.17) is 9.47 Å². The maximum atomic E-state index is 12.1. The standard InChI is InChI=1S/C12H17NO5S/c1-4-18-12(14)9(2)13-19(15,16)11-8-6-5-7-10(11)17-3/h5-9,13H,4H2,1-3H3. The molecule has 19 heavy (non-hydrogen) atoms. The molecule has 0 aliphatic heterocycles. The van der Waals surface area contributed by atoms with Crippen molar-refractivity contribution in [2.45, 2.75) is 24.8 Å². The quantitative estimate of drug-likeness (QED) is 0.787. The zero-order valence-corrected chi connectivity index (χ0v) is 11.9. The van der Waals surface area contributed by atoms with Gasteiger partial charge in [0.15, 0.2) is 0 Å². The molecule has 0 radical (unpaired) electrons. The van der Waals surface area contributed by atoms with E-state index >= 15 is 0 Å². The first kappa shape index (κ1) is 15.5. The molecule has 0 aromatic heterocycles. The van der Waals surface area contributed by atoms with Crippen LogP contribution in [0.5, 0.6) is 5.75 Å². The number of carbonyl (C=O) groups is 1. The molecule has 6 nitrogen and oxygen atoms in total. The molecule has 0 heterocycles. The van der Waals surface area contributed by atoms with Gasteiger partial charge in [0.1, 0.15) is 16.7 Å². The van der Waals surface area contributed by atoms with Crippen LogP contribution in [0.2, 0.25) is 0 Å². The Balaban J connectivity index is 2.96. The van der Waals surface area contributed by atoms with Crippen LogP contribution < -0.4 is 9.46 Å². The van der Waals surface area contributed by atoms with Crippen LogP contribution in [0.15, 0.2) is 29.2 Å². The zero-order chi connectivity index (χ0) is 14.5. The van der Waals surface area contributed by atoms with E-state index in [0.717, 1.165) is 0 Å². The third-order valence-corrected chi connectivity index (χ3v) is 3.91. The van der Waals surface area contributed by atoms with Crippen molar-refractivity contribution in [1.82, 2.24) is 4.72 Å². The summed E-state index contributed by atoms with van der Waals surface area (Å²) in [6, 6.07) is 5.20. The molecule has 1 rings (SSSR count). The Morgan fingerprint density at radius 3 is 2.58 bits per heavy atom. The molecule has 0 saturated heterocycles. The maximum absolute atomic E-state index is 12.1. The normalized spacial score (nSPS) is 12.8. The number of nitrogens with one attached hydrogen (secondary N) is 1. The van der Waals surface area contributed by atoms with Gasteiger partial charge >= 0.3 is 5.97 Å². The fourth-order valence-corrected chi connectivity index (χ4v) is 2.81. The number of ether oxygens (including phenoxy) is 2. The van der Waals surface area contributed by atoms with Crippen LogP contribution in [0.25, 0.3) is 0 Å². The Bertz CT molecular complexity index is 541. The summed E-state index contributed by atoms with van der Waals surface area (Å²) >= 11 is 0. The average molecular weight is 287 g/mol. The molecule has 0 saturated carbocycles. The van der Waals surface area contributed by atoms with E-state index in [1.165, 1.54) is 26.2 Å². The van der Waals surface area contributed by atoms with Gasteiger partial charge in [0.05, 0.1) is 13.7 Å². The molecule has 0 bridgehead atoms. The summed E-state index contributed by atoms with van der Waals surface area (Å²) in [5, 5.41) is 0. The van der Waals surface area contributed by atoms with Crippen molar-refractivity contribution in [2.24, 2.45) is 0 Å². The fraction of sp³-hybridized carbons (Fsp3) is 0.417. The molecule has 106 valence electrons. The SMILES string of the molecule is CCOC(=O)C(C)NS(=O)(=O)c1ccccc1OC. The van der Waals surface area contributed by atoms with Crippen LogP contribution >= 0.6 is 0 Å². The lowest BCUT2D eigenvalue weighted by atomic mass is 10.3. The van der Waals surface area contributed by atoms with Gasteiger partial charge in [-0.2, -0.15) is 4.72 Å². The van der Waals surface area contributed by atoms with Gasteiger partial charge in [0.25, 0.3) is 0 Å². The average Bonchev–Trinajstić information content (AvgIpc) is 2.38. The van der Waals surface area contributed by atoms with Crippen LogP contribution in [0.3, 0.4) is 0 Å². The molecule has 1 aromatic rings. The highest BCUT2D eigenvalue weighted by molar-refractivity contribution is 7.89. The first-order valence-electron chi connectivity index (χ1n) is 5.74.